The van der Waals surface area contributed by atoms with E-state index in [0.717, 1.165) is 13.8 Å². The predicted octanol–water partition coefficient (Wildman–Crippen LogP) is 4.54. The monoisotopic (exact) mass is 437 g/mol. The van der Waals surface area contributed by atoms with Crippen LogP contribution in [-0.2, 0) is 6.54 Å². The predicted molar refractivity (Wildman–Crippen MR) is 94.8 cm³/mol. The van der Waals surface area contributed by atoms with Gasteiger partial charge in [-0.3, -0.25) is 4.68 Å². The second-order valence-corrected chi connectivity index (χ2v) is 6.99. The molecule has 12 heteroatoms. The number of ether oxygens (including phenoxy) is 2. The summed E-state index contributed by atoms with van der Waals surface area (Å²) < 4.78 is 75.6. The van der Waals surface area contributed by atoms with Gasteiger partial charge in [0.1, 0.15) is 6.61 Å². The van der Waals surface area contributed by atoms with Crippen LogP contribution >= 0.6 is 0 Å². The highest BCUT2D eigenvalue weighted by Gasteiger charge is 2.48. The maximum atomic E-state index is 13.0. The molecule has 0 bridgehead atoms. The maximum Gasteiger partial charge on any atom is 0.397 e. The van der Waals surface area contributed by atoms with Crippen LogP contribution in [0.2, 0.25) is 0 Å². The SMILES string of the molecule is CCn1nc(C(=O)O)c(C)c1-c1ccc(OCC(C)(C)C(F)(F)F)nc1OC(F)F. The quantitative estimate of drug-likeness (QED) is 0.611. The van der Waals surface area contributed by atoms with Gasteiger partial charge in [-0.2, -0.15) is 32.0 Å². The highest BCUT2D eigenvalue weighted by atomic mass is 19.4. The van der Waals surface area contributed by atoms with Crippen LogP contribution in [0, 0.1) is 12.3 Å². The maximum absolute atomic E-state index is 13.0. The summed E-state index contributed by atoms with van der Waals surface area (Å²) >= 11 is 0. The molecule has 2 rings (SSSR count). The molecule has 0 spiro atoms. The number of aryl methyl sites for hydroxylation is 1. The highest BCUT2D eigenvalue weighted by Crippen LogP contribution is 2.39. The molecular weight excluding hydrogens is 417 g/mol. The third-order valence-corrected chi connectivity index (χ3v) is 4.33. The van der Waals surface area contributed by atoms with Gasteiger partial charge < -0.3 is 14.6 Å². The highest BCUT2D eigenvalue weighted by molar-refractivity contribution is 5.90. The lowest BCUT2D eigenvalue weighted by Crippen LogP contribution is -2.37. The molecule has 0 aromatic carbocycles. The van der Waals surface area contributed by atoms with Crippen molar-refractivity contribution in [2.24, 2.45) is 5.41 Å². The van der Waals surface area contributed by atoms with E-state index in [0.29, 0.717) is 0 Å². The van der Waals surface area contributed by atoms with Crippen molar-refractivity contribution in [1.29, 1.82) is 0 Å². The fourth-order valence-corrected chi connectivity index (χ4v) is 2.52. The molecule has 30 heavy (non-hydrogen) atoms. The molecule has 7 nitrogen and oxygen atoms in total. The lowest BCUT2D eigenvalue weighted by atomic mass is 9.94. The molecule has 1 N–H and O–H groups in total. The van der Waals surface area contributed by atoms with Crippen LogP contribution in [0.1, 0.15) is 36.8 Å². The van der Waals surface area contributed by atoms with E-state index in [9.17, 15) is 31.9 Å². The Morgan fingerprint density at radius 1 is 1.27 bits per heavy atom. The average molecular weight is 437 g/mol. The standard InChI is InChI=1S/C18H20F5N3O4/c1-5-26-13(9(2)12(25-26)15(27)28)10-6-7-11(24-14(10)30-16(19)20)29-8-17(3,4)18(21,22)23/h6-7,16H,5,8H2,1-4H3,(H,27,28). The lowest BCUT2D eigenvalue weighted by Gasteiger charge is -2.27. The Bertz CT molecular complexity index is 925. The summed E-state index contributed by atoms with van der Waals surface area (Å²) in [5.74, 6) is -2.29. The number of nitrogens with zero attached hydrogens (tertiary/aromatic N) is 3. The first-order valence-corrected chi connectivity index (χ1v) is 8.75. The molecule has 0 atom stereocenters. The van der Waals surface area contributed by atoms with Crippen LogP contribution in [0.5, 0.6) is 11.8 Å². The van der Waals surface area contributed by atoms with Crippen molar-refractivity contribution in [3.05, 3.63) is 23.4 Å². The fourth-order valence-electron chi connectivity index (χ4n) is 2.52. The summed E-state index contributed by atoms with van der Waals surface area (Å²) in [4.78, 5) is 15.1. The molecule has 2 aromatic rings. The zero-order valence-electron chi connectivity index (χ0n) is 16.5. The second kappa shape index (κ2) is 8.44. The van der Waals surface area contributed by atoms with Gasteiger partial charge in [-0.25, -0.2) is 4.79 Å². The molecule has 0 fully saturated rings. The number of carbonyl (C=O) groups is 1. The molecule has 0 amide bonds. The van der Waals surface area contributed by atoms with Crippen molar-refractivity contribution in [1.82, 2.24) is 14.8 Å². The van der Waals surface area contributed by atoms with Crippen molar-refractivity contribution in [2.75, 3.05) is 6.61 Å². The Hall–Kier alpha value is -2.92. The van der Waals surface area contributed by atoms with Crippen LogP contribution in [0.4, 0.5) is 22.0 Å². The van der Waals surface area contributed by atoms with Crippen LogP contribution in [-0.4, -0.2) is 45.2 Å². The Labute approximate surface area is 168 Å². The van der Waals surface area contributed by atoms with Gasteiger partial charge in [-0.15, -0.1) is 0 Å². The van der Waals surface area contributed by atoms with Crippen molar-refractivity contribution < 1.29 is 41.3 Å². The topological polar surface area (TPSA) is 86.5 Å². The Balaban J connectivity index is 2.49. The van der Waals surface area contributed by atoms with E-state index in [1.165, 1.54) is 23.7 Å². The van der Waals surface area contributed by atoms with Gasteiger partial charge in [0, 0.05) is 18.2 Å². The number of alkyl halides is 5. The number of aromatic nitrogens is 3. The molecule has 0 aliphatic rings. The molecular formula is C18H20F5N3O4. The summed E-state index contributed by atoms with van der Waals surface area (Å²) in [6.07, 6.45) is -4.55. The number of carboxylic acids is 1. The van der Waals surface area contributed by atoms with E-state index >= 15 is 0 Å². The third-order valence-electron chi connectivity index (χ3n) is 4.33. The van der Waals surface area contributed by atoms with Crippen LogP contribution in [0.25, 0.3) is 11.3 Å². The minimum absolute atomic E-state index is 0.00270. The first-order chi connectivity index (χ1) is 13.8. The van der Waals surface area contributed by atoms with Gasteiger partial charge in [0.25, 0.3) is 0 Å². The Morgan fingerprint density at radius 3 is 2.40 bits per heavy atom. The number of halogens is 5. The number of carboxylic acid groups (broad SMARTS) is 1. The Kier molecular flexibility index (Phi) is 6.57. The molecule has 0 saturated carbocycles. The minimum Gasteiger partial charge on any atom is -0.477 e. The largest absolute Gasteiger partial charge is 0.477 e. The van der Waals surface area contributed by atoms with E-state index in [4.69, 9.17) is 4.74 Å². The van der Waals surface area contributed by atoms with Crippen molar-refractivity contribution in [3.63, 3.8) is 0 Å². The van der Waals surface area contributed by atoms with E-state index in [1.807, 2.05) is 0 Å². The average Bonchev–Trinajstić information content (AvgIpc) is 2.95. The number of hydrogen-bond donors (Lipinski definition) is 1. The van der Waals surface area contributed by atoms with Crippen molar-refractivity contribution >= 4 is 5.97 Å². The van der Waals surface area contributed by atoms with Gasteiger partial charge in [-0.05, 0) is 33.8 Å². The number of aromatic carboxylic acids is 1. The van der Waals surface area contributed by atoms with Gasteiger partial charge in [0.15, 0.2) is 5.69 Å². The summed E-state index contributed by atoms with van der Waals surface area (Å²) in [6, 6.07) is 2.44. The van der Waals surface area contributed by atoms with Crippen molar-refractivity contribution in [3.8, 4) is 23.0 Å². The molecule has 2 heterocycles. The molecule has 0 aliphatic carbocycles. The summed E-state index contributed by atoms with van der Waals surface area (Å²) in [7, 11) is 0. The van der Waals surface area contributed by atoms with Crippen molar-refractivity contribution in [2.45, 2.75) is 47.0 Å². The molecule has 0 radical (unpaired) electrons. The van der Waals surface area contributed by atoms with Gasteiger partial charge in [0.2, 0.25) is 11.8 Å². The number of pyridine rings is 1. The zero-order chi connectivity index (χ0) is 22.9. The molecule has 0 unspecified atom stereocenters. The van der Waals surface area contributed by atoms with Crippen LogP contribution in [0.15, 0.2) is 12.1 Å². The van der Waals surface area contributed by atoms with Gasteiger partial charge >= 0.3 is 18.8 Å². The number of rotatable bonds is 8. The van der Waals surface area contributed by atoms with E-state index in [-0.39, 0.29) is 34.9 Å². The third kappa shape index (κ3) is 4.79. The van der Waals surface area contributed by atoms with E-state index < -0.39 is 36.7 Å². The van der Waals surface area contributed by atoms with Crippen LogP contribution < -0.4 is 9.47 Å². The van der Waals surface area contributed by atoms with E-state index in [2.05, 4.69) is 14.8 Å². The Morgan fingerprint density at radius 2 is 1.90 bits per heavy atom. The van der Waals surface area contributed by atoms with Crippen LogP contribution in [0.3, 0.4) is 0 Å². The summed E-state index contributed by atoms with van der Waals surface area (Å²) in [5.41, 5.74) is -2.11. The second-order valence-electron chi connectivity index (χ2n) is 6.99. The zero-order valence-corrected chi connectivity index (χ0v) is 16.5. The minimum atomic E-state index is -4.55. The smallest absolute Gasteiger partial charge is 0.397 e. The fraction of sp³-hybridized carbons (Fsp3) is 0.500. The molecule has 2 aromatic heterocycles. The van der Waals surface area contributed by atoms with E-state index in [1.54, 1.807) is 6.92 Å². The number of hydrogen-bond acceptors (Lipinski definition) is 5. The van der Waals surface area contributed by atoms with Gasteiger partial charge in [0.05, 0.1) is 16.7 Å². The first kappa shape index (κ1) is 23.4. The molecule has 0 saturated heterocycles. The van der Waals surface area contributed by atoms with Gasteiger partial charge in [-0.1, -0.05) is 0 Å². The summed E-state index contributed by atoms with van der Waals surface area (Å²) in [6.45, 7) is 1.10. The lowest BCUT2D eigenvalue weighted by molar-refractivity contribution is -0.219. The summed E-state index contributed by atoms with van der Waals surface area (Å²) in [5, 5.41) is 13.2. The normalized spacial score (nSPS) is 12.3. The first-order valence-electron chi connectivity index (χ1n) is 8.75. The molecule has 166 valence electrons. The molecule has 0 aliphatic heterocycles.